The van der Waals surface area contributed by atoms with Gasteiger partial charge in [-0.3, -0.25) is 4.79 Å². The number of carbonyl (C=O) groups excluding carboxylic acids is 1. The number of rotatable bonds is 1. The van der Waals surface area contributed by atoms with Crippen LogP contribution in [-0.2, 0) is 4.79 Å². The number of halogens is 4. The van der Waals surface area contributed by atoms with Gasteiger partial charge < -0.3 is 10.4 Å². The molecule has 0 aliphatic heterocycles. The first-order valence-electron chi connectivity index (χ1n) is 6.89. The summed E-state index contributed by atoms with van der Waals surface area (Å²) in [6, 6.07) is 9.32. The van der Waals surface area contributed by atoms with Crippen LogP contribution in [0.5, 0.6) is 0 Å². The van der Waals surface area contributed by atoms with Crippen LogP contribution in [0.2, 0.25) is 0 Å². The highest BCUT2D eigenvalue weighted by atomic mass is 19.4. The molecule has 2 aromatic rings. The van der Waals surface area contributed by atoms with E-state index < -0.39 is 12.1 Å². The Kier molecular flexibility index (Phi) is 7.28. The largest absolute Gasteiger partial charge is 0.490 e. The molecule has 0 aliphatic carbocycles. The lowest BCUT2D eigenvalue weighted by Gasteiger charge is -1.98. The molecule has 0 radical (unpaired) electrons. The Balaban J connectivity index is 0.000000412. The summed E-state index contributed by atoms with van der Waals surface area (Å²) in [5, 5.41) is 9.63. The second kappa shape index (κ2) is 9.17. The number of benzene rings is 1. The van der Waals surface area contributed by atoms with Crippen molar-refractivity contribution in [3.63, 3.8) is 0 Å². The first kappa shape index (κ1) is 20.6. The van der Waals surface area contributed by atoms with Gasteiger partial charge in [-0.15, -0.1) is 0 Å². The van der Waals surface area contributed by atoms with Crippen molar-refractivity contribution in [3.8, 4) is 11.8 Å². The molecule has 26 heavy (non-hydrogen) atoms. The molecular weight excluding hydrogens is 356 g/mol. The van der Waals surface area contributed by atoms with Gasteiger partial charge in [0, 0.05) is 18.8 Å². The highest BCUT2D eigenvalue weighted by molar-refractivity contribution is 5.93. The van der Waals surface area contributed by atoms with E-state index in [0.717, 1.165) is 0 Å². The number of carbonyl (C=O) groups is 2. The summed E-state index contributed by atoms with van der Waals surface area (Å²) in [5.74, 6) is 2.35. The predicted molar refractivity (Wildman–Crippen MR) is 83.7 cm³/mol. The zero-order valence-electron chi connectivity index (χ0n) is 13.3. The van der Waals surface area contributed by atoms with Crippen LogP contribution in [-0.4, -0.2) is 35.2 Å². The van der Waals surface area contributed by atoms with E-state index in [9.17, 15) is 22.4 Å². The minimum absolute atomic E-state index is 0.197. The Morgan fingerprint density at radius 3 is 2.27 bits per heavy atom. The highest BCUT2D eigenvalue weighted by Crippen LogP contribution is 2.13. The van der Waals surface area contributed by atoms with Gasteiger partial charge in [0.25, 0.3) is 5.91 Å². The summed E-state index contributed by atoms with van der Waals surface area (Å²) in [6.07, 6.45) is -3.63. The predicted octanol–water partition coefficient (Wildman–Crippen LogP) is 2.61. The number of carboxylic acids is 1. The van der Waals surface area contributed by atoms with E-state index in [0.29, 0.717) is 16.8 Å². The lowest BCUT2D eigenvalue weighted by atomic mass is 10.2. The molecule has 1 amide bonds. The number of hydrogen-bond donors (Lipinski definition) is 2. The minimum atomic E-state index is -5.08. The van der Waals surface area contributed by atoms with E-state index in [1.807, 2.05) is 0 Å². The normalized spacial score (nSPS) is 9.88. The van der Waals surface area contributed by atoms with Crippen molar-refractivity contribution < 1.29 is 32.3 Å². The molecule has 0 spiro atoms. The first-order chi connectivity index (χ1) is 12.1. The molecule has 0 aliphatic rings. The summed E-state index contributed by atoms with van der Waals surface area (Å²) < 4.78 is 44.7. The van der Waals surface area contributed by atoms with E-state index in [2.05, 4.69) is 22.1 Å². The molecule has 5 nitrogen and oxygen atoms in total. The average molecular weight is 368 g/mol. The number of amides is 1. The first-order valence-corrected chi connectivity index (χ1v) is 6.89. The Morgan fingerprint density at radius 2 is 1.81 bits per heavy atom. The molecule has 136 valence electrons. The number of aliphatic carboxylic acids is 1. The molecule has 1 heterocycles. The van der Waals surface area contributed by atoms with Crippen molar-refractivity contribution in [2.24, 2.45) is 0 Å². The van der Waals surface area contributed by atoms with Crippen molar-refractivity contribution in [1.29, 1.82) is 0 Å². The summed E-state index contributed by atoms with van der Waals surface area (Å²) in [7, 11) is 1.56. The Labute approximate surface area is 145 Å². The number of aromatic nitrogens is 1. The van der Waals surface area contributed by atoms with Crippen molar-refractivity contribution in [2.45, 2.75) is 6.18 Å². The quantitative estimate of drug-likeness (QED) is 0.599. The molecule has 1 aromatic heterocycles. The molecule has 9 heteroatoms. The van der Waals surface area contributed by atoms with Crippen molar-refractivity contribution in [2.75, 3.05) is 7.05 Å². The van der Waals surface area contributed by atoms with Crippen LogP contribution in [0.25, 0.3) is 0 Å². The molecule has 0 fully saturated rings. The maximum absolute atomic E-state index is 12.9. The van der Waals surface area contributed by atoms with E-state index in [1.54, 1.807) is 31.3 Å². The Hall–Kier alpha value is -3.41. The van der Waals surface area contributed by atoms with Gasteiger partial charge in [0.1, 0.15) is 11.5 Å². The third-order valence-electron chi connectivity index (χ3n) is 2.65. The van der Waals surface area contributed by atoms with Crippen LogP contribution in [0.15, 0.2) is 42.6 Å². The van der Waals surface area contributed by atoms with Crippen LogP contribution in [0.4, 0.5) is 17.6 Å². The van der Waals surface area contributed by atoms with Gasteiger partial charge in [-0.1, -0.05) is 12.0 Å². The van der Waals surface area contributed by atoms with Crippen LogP contribution in [0, 0.1) is 17.7 Å². The fraction of sp³-hybridized carbons (Fsp3) is 0.118. The smallest absolute Gasteiger partial charge is 0.475 e. The number of nitrogens with zero attached hydrogens (tertiary/aromatic N) is 1. The van der Waals surface area contributed by atoms with Crippen molar-refractivity contribution in [1.82, 2.24) is 10.3 Å². The van der Waals surface area contributed by atoms with Gasteiger partial charge in [-0.05, 0) is 36.3 Å². The molecule has 0 saturated heterocycles. The third kappa shape index (κ3) is 7.00. The molecule has 2 N–H and O–H groups in total. The number of hydrogen-bond acceptors (Lipinski definition) is 3. The van der Waals surface area contributed by atoms with E-state index in [4.69, 9.17) is 9.90 Å². The summed E-state index contributed by atoms with van der Waals surface area (Å²) in [6.45, 7) is 0. The van der Waals surface area contributed by atoms with Crippen molar-refractivity contribution >= 4 is 11.9 Å². The fourth-order valence-corrected chi connectivity index (χ4v) is 1.45. The monoisotopic (exact) mass is 368 g/mol. The summed E-state index contributed by atoms with van der Waals surface area (Å²) >= 11 is 0. The molecular formula is C17H12F4N2O3. The van der Waals surface area contributed by atoms with Gasteiger partial charge in [-0.25, -0.2) is 14.2 Å². The molecule has 0 bridgehead atoms. The van der Waals surface area contributed by atoms with Crippen LogP contribution < -0.4 is 5.32 Å². The molecule has 0 saturated carbocycles. The molecule has 0 atom stereocenters. The second-order valence-electron chi connectivity index (χ2n) is 4.57. The average Bonchev–Trinajstić information content (AvgIpc) is 2.59. The summed E-state index contributed by atoms with van der Waals surface area (Å²) in [4.78, 5) is 24.3. The van der Waals surface area contributed by atoms with E-state index in [1.165, 1.54) is 18.3 Å². The Bertz CT molecular complexity index is 838. The third-order valence-corrected chi connectivity index (χ3v) is 2.65. The minimum Gasteiger partial charge on any atom is -0.475 e. The number of pyridine rings is 1. The Morgan fingerprint density at radius 1 is 1.15 bits per heavy atom. The second-order valence-corrected chi connectivity index (χ2v) is 4.57. The van der Waals surface area contributed by atoms with Crippen LogP contribution in [0.3, 0.4) is 0 Å². The molecule has 2 rings (SSSR count). The lowest BCUT2D eigenvalue weighted by molar-refractivity contribution is -0.192. The summed E-state index contributed by atoms with van der Waals surface area (Å²) in [5.41, 5.74) is 1.58. The van der Waals surface area contributed by atoms with Gasteiger partial charge in [-0.2, -0.15) is 13.2 Å². The highest BCUT2D eigenvalue weighted by Gasteiger charge is 2.38. The number of nitrogens with one attached hydrogen (secondary N) is 1. The molecule has 0 unspecified atom stereocenters. The van der Waals surface area contributed by atoms with Crippen molar-refractivity contribution in [3.05, 3.63) is 65.2 Å². The van der Waals surface area contributed by atoms with Gasteiger partial charge in [0.05, 0.1) is 5.56 Å². The number of alkyl halides is 3. The van der Waals surface area contributed by atoms with Gasteiger partial charge in [0.2, 0.25) is 0 Å². The zero-order valence-corrected chi connectivity index (χ0v) is 13.3. The fourth-order valence-electron chi connectivity index (χ4n) is 1.45. The van der Waals surface area contributed by atoms with Gasteiger partial charge >= 0.3 is 12.1 Å². The van der Waals surface area contributed by atoms with E-state index >= 15 is 0 Å². The maximum Gasteiger partial charge on any atom is 0.490 e. The van der Waals surface area contributed by atoms with Gasteiger partial charge in [0.15, 0.2) is 0 Å². The number of carboxylic acid groups (broad SMARTS) is 1. The topological polar surface area (TPSA) is 79.3 Å². The van der Waals surface area contributed by atoms with Crippen LogP contribution in [0.1, 0.15) is 21.6 Å². The van der Waals surface area contributed by atoms with E-state index in [-0.39, 0.29) is 11.7 Å². The zero-order chi connectivity index (χ0) is 19.7. The molecule has 1 aromatic carbocycles. The SMILES string of the molecule is CNC(=O)c1ccc(C#Cc2cccc(F)c2)nc1.O=C(O)C(F)(F)F. The maximum atomic E-state index is 12.9. The lowest BCUT2D eigenvalue weighted by Crippen LogP contribution is -2.21. The van der Waals surface area contributed by atoms with Crippen LogP contribution >= 0.6 is 0 Å². The standard InChI is InChI=1S/C15H11FN2O.C2HF3O2/c1-17-15(19)12-6-8-14(18-10-12)7-5-11-3-2-4-13(16)9-11;3-2(4,5)1(6)7/h2-4,6,8-10H,1H3,(H,17,19);(H,6,7).